The van der Waals surface area contributed by atoms with Gasteiger partial charge in [-0.1, -0.05) is 13.8 Å². The molecule has 17 heavy (non-hydrogen) atoms. The van der Waals surface area contributed by atoms with Gasteiger partial charge >= 0.3 is 0 Å². The van der Waals surface area contributed by atoms with Gasteiger partial charge in [0.05, 0.1) is 6.10 Å². The summed E-state index contributed by atoms with van der Waals surface area (Å²) in [6.07, 6.45) is 0.0379. The van der Waals surface area contributed by atoms with Crippen LogP contribution in [0.15, 0.2) is 12.1 Å². The van der Waals surface area contributed by atoms with Crippen molar-refractivity contribution in [2.45, 2.75) is 32.4 Å². The summed E-state index contributed by atoms with van der Waals surface area (Å²) in [5.41, 5.74) is 4.82. The zero-order valence-corrected chi connectivity index (χ0v) is 9.80. The second-order valence-corrected chi connectivity index (χ2v) is 5.13. The Morgan fingerprint density at radius 2 is 1.88 bits per heavy atom. The second kappa shape index (κ2) is 3.84. The Bertz CT molecular complexity index is 425. The summed E-state index contributed by atoms with van der Waals surface area (Å²) in [5, 5.41) is 12.4. The van der Waals surface area contributed by atoms with E-state index in [9.17, 15) is 13.9 Å². The lowest BCUT2D eigenvalue weighted by Crippen LogP contribution is -2.57. The number of anilines is 2. The van der Waals surface area contributed by atoms with Crippen molar-refractivity contribution >= 4 is 11.4 Å². The summed E-state index contributed by atoms with van der Waals surface area (Å²) in [5.74, 6) is -1.42. The van der Waals surface area contributed by atoms with E-state index in [1.165, 1.54) is 0 Å². The predicted molar refractivity (Wildman–Crippen MR) is 62.6 cm³/mol. The van der Waals surface area contributed by atoms with Crippen LogP contribution in [0.4, 0.5) is 20.2 Å². The minimum absolute atomic E-state index is 0.0541. The molecular weight excluding hydrogens is 226 g/mol. The number of nitrogens with one attached hydrogen (secondary N) is 1. The Balaban J connectivity index is 2.21. The summed E-state index contributed by atoms with van der Waals surface area (Å²) in [6, 6.07) is 2.01. The molecule has 2 rings (SSSR count). The lowest BCUT2D eigenvalue weighted by Gasteiger charge is -2.49. The molecule has 2 unspecified atom stereocenters. The van der Waals surface area contributed by atoms with Gasteiger partial charge in [-0.05, 0) is 18.6 Å². The number of nitrogen functional groups attached to an aromatic ring is 1. The molecule has 1 fully saturated rings. The van der Waals surface area contributed by atoms with E-state index in [2.05, 4.69) is 5.32 Å². The van der Waals surface area contributed by atoms with Crippen LogP contribution in [0.25, 0.3) is 0 Å². The molecule has 5 heteroatoms. The Hall–Kier alpha value is -1.36. The van der Waals surface area contributed by atoms with Crippen molar-refractivity contribution < 1.29 is 13.9 Å². The molecule has 3 nitrogen and oxygen atoms in total. The van der Waals surface area contributed by atoms with Crippen molar-refractivity contribution in [3.8, 4) is 0 Å². The molecule has 0 spiro atoms. The molecule has 1 saturated carbocycles. The number of aliphatic hydroxyl groups excluding tert-OH is 1. The summed E-state index contributed by atoms with van der Waals surface area (Å²) in [7, 11) is 0. The minimum Gasteiger partial charge on any atom is -0.399 e. The highest BCUT2D eigenvalue weighted by Crippen LogP contribution is 2.42. The SMILES string of the molecule is CC1(C)C(O)CC1Nc1c(F)cc(N)cc1F. The number of aliphatic hydroxyl groups is 1. The highest BCUT2D eigenvalue weighted by Gasteiger charge is 2.47. The molecule has 1 aromatic rings. The normalized spacial score (nSPS) is 26.4. The van der Waals surface area contributed by atoms with E-state index in [1.54, 1.807) is 0 Å². The van der Waals surface area contributed by atoms with Crippen molar-refractivity contribution in [2.24, 2.45) is 5.41 Å². The van der Waals surface area contributed by atoms with Crippen molar-refractivity contribution in [3.63, 3.8) is 0 Å². The largest absolute Gasteiger partial charge is 0.399 e. The maximum Gasteiger partial charge on any atom is 0.151 e. The first-order valence-electron chi connectivity index (χ1n) is 5.51. The van der Waals surface area contributed by atoms with Crippen LogP contribution in [0, 0.1) is 17.0 Å². The fourth-order valence-corrected chi connectivity index (χ4v) is 2.05. The van der Waals surface area contributed by atoms with E-state index in [1.807, 2.05) is 13.8 Å². The zero-order chi connectivity index (χ0) is 12.8. The van der Waals surface area contributed by atoms with Crippen molar-refractivity contribution in [3.05, 3.63) is 23.8 Å². The number of rotatable bonds is 2. The maximum absolute atomic E-state index is 13.5. The molecule has 0 heterocycles. The van der Waals surface area contributed by atoms with Crippen molar-refractivity contribution in [1.29, 1.82) is 0 Å². The predicted octanol–water partition coefficient (Wildman–Crippen LogP) is 2.12. The molecule has 0 radical (unpaired) electrons. The molecule has 0 aliphatic heterocycles. The van der Waals surface area contributed by atoms with Crippen LogP contribution in [-0.2, 0) is 0 Å². The lowest BCUT2D eigenvalue weighted by atomic mass is 9.64. The first kappa shape index (κ1) is 12.1. The van der Waals surface area contributed by atoms with Crippen molar-refractivity contribution in [1.82, 2.24) is 0 Å². The third-order valence-electron chi connectivity index (χ3n) is 3.60. The molecule has 1 aliphatic carbocycles. The van der Waals surface area contributed by atoms with Gasteiger partial charge < -0.3 is 16.2 Å². The van der Waals surface area contributed by atoms with E-state index >= 15 is 0 Å². The van der Waals surface area contributed by atoms with Crippen LogP contribution in [0.3, 0.4) is 0 Å². The Morgan fingerprint density at radius 3 is 2.29 bits per heavy atom. The van der Waals surface area contributed by atoms with Crippen LogP contribution in [0.2, 0.25) is 0 Å². The minimum atomic E-state index is -0.709. The fourth-order valence-electron chi connectivity index (χ4n) is 2.05. The number of hydrogen-bond acceptors (Lipinski definition) is 3. The van der Waals surface area contributed by atoms with Crippen LogP contribution < -0.4 is 11.1 Å². The van der Waals surface area contributed by atoms with Crippen LogP contribution in [0.5, 0.6) is 0 Å². The molecule has 1 aliphatic rings. The van der Waals surface area contributed by atoms with Gasteiger partial charge in [0.1, 0.15) is 5.69 Å². The molecule has 2 atom stereocenters. The standard InChI is InChI=1S/C12H16F2N2O/c1-12(2)9(5-10(12)17)16-11-7(13)3-6(15)4-8(11)14/h3-4,9-10,16-17H,5,15H2,1-2H3. The summed E-state index contributed by atoms with van der Waals surface area (Å²) < 4.78 is 27.1. The average Bonchev–Trinajstić information content (AvgIpc) is 2.21. The van der Waals surface area contributed by atoms with Gasteiger partial charge in [0, 0.05) is 17.1 Å². The molecule has 4 N–H and O–H groups in total. The molecule has 0 aromatic heterocycles. The lowest BCUT2D eigenvalue weighted by molar-refractivity contribution is -0.0512. The highest BCUT2D eigenvalue weighted by molar-refractivity contribution is 5.55. The molecular formula is C12H16F2N2O. The van der Waals surface area contributed by atoms with Crippen molar-refractivity contribution in [2.75, 3.05) is 11.1 Å². The van der Waals surface area contributed by atoms with E-state index in [4.69, 9.17) is 5.73 Å². The molecule has 0 bridgehead atoms. The first-order chi connectivity index (χ1) is 7.82. The number of hydrogen-bond donors (Lipinski definition) is 3. The number of benzene rings is 1. The van der Waals surface area contributed by atoms with Gasteiger partial charge in [0.2, 0.25) is 0 Å². The third-order valence-corrected chi connectivity index (χ3v) is 3.60. The zero-order valence-electron chi connectivity index (χ0n) is 9.80. The quantitative estimate of drug-likeness (QED) is 0.696. The van der Waals surface area contributed by atoms with Gasteiger partial charge in [0.15, 0.2) is 11.6 Å². The third kappa shape index (κ3) is 1.95. The fraction of sp³-hybridized carbons (Fsp3) is 0.500. The van der Waals surface area contributed by atoms with E-state index in [0.717, 1.165) is 12.1 Å². The number of halogens is 2. The number of nitrogens with two attached hydrogens (primary N) is 1. The van der Waals surface area contributed by atoms with E-state index in [-0.39, 0.29) is 22.8 Å². The Morgan fingerprint density at radius 1 is 1.35 bits per heavy atom. The highest BCUT2D eigenvalue weighted by atomic mass is 19.1. The van der Waals surface area contributed by atoms with Crippen LogP contribution in [-0.4, -0.2) is 17.3 Å². The molecule has 94 valence electrons. The smallest absolute Gasteiger partial charge is 0.151 e. The average molecular weight is 242 g/mol. The maximum atomic E-state index is 13.5. The summed E-state index contributed by atoms with van der Waals surface area (Å²) >= 11 is 0. The first-order valence-corrected chi connectivity index (χ1v) is 5.51. The topological polar surface area (TPSA) is 58.3 Å². The Labute approximate surface area is 98.6 Å². The summed E-state index contributed by atoms with van der Waals surface area (Å²) in [4.78, 5) is 0. The van der Waals surface area contributed by atoms with Gasteiger partial charge in [-0.25, -0.2) is 8.78 Å². The van der Waals surface area contributed by atoms with Gasteiger partial charge in [0.25, 0.3) is 0 Å². The van der Waals surface area contributed by atoms with Gasteiger partial charge in [-0.2, -0.15) is 0 Å². The molecule has 0 amide bonds. The van der Waals surface area contributed by atoms with E-state index in [0.29, 0.717) is 6.42 Å². The molecule has 0 saturated heterocycles. The Kier molecular flexibility index (Phi) is 2.73. The van der Waals surface area contributed by atoms with Gasteiger partial charge in [-0.15, -0.1) is 0 Å². The van der Waals surface area contributed by atoms with Gasteiger partial charge in [-0.3, -0.25) is 0 Å². The van der Waals surface area contributed by atoms with E-state index < -0.39 is 17.7 Å². The summed E-state index contributed by atoms with van der Waals surface area (Å²) in [6.45, 7) is 3.71. The van der Waals surface area contributed by atoms with Crippen LogP contribution in [0.1, 0.15) is 20.3 Å². The molecule has 1 aromatic carbocycles. The monoisotopic (exact) mass is 242 g/mol. The second-order valence-electron chi connectivity index (χ2n) is 5.13. The van der Waals surface area contributed by atoms with Crippen LogP contribution >= 0.6 is 0 Å².